The highest BCUT2D eigenvalue weighted by Gasteiger charge is 2.55. The minimum Gasteiger partial charge on any atom is -0.293 e. The predicted octanol–water partition coefficient (Wildman–Crippen LogP) is 1.51. The second-order valence-corrected chi connectivity index (χ2v) is 8.77. The molecule has 3 atom stereocenters. The van der Waals surface area contributed by atoms with Crippen LogP contribution < -0.4 is 0 Å². The number of hydrogen-bond acceptors (Lipinski definition) is 3. The molecule has 4 fully saturated rings. The molecule has 3 heterocycles. The lowest BCUT2D eigenvalue weighted by Gasteiger charge is -2.61. The Morgan fingerprint density at radius 1 is 1.10 bits per heavy atom. The van der Waals surface area contributed by atoms with E-state index in [9.17, 15) is 8.42 Å². The summed E-state index contributed by atoms with van der Waals surface area (Å²) in [6.45, 7) is 2.47. The van der Waals surface area contributed by atoms with Crippen LogP contribution >= 0.6 is 0 Å². The van der Waals surface area contributed by atoms with E-state index in [-0.39, 0.29) is 0 Å². The molecule has 1 aliphatic carbocycles. The van der Waals surface area contributed by atoms with Gasteiger partial charge >= 0.3 is 0 Å². The van der Waals surface area contributed by atoms with Crippen LogP contribution in [0.3, 0.4) is 0 Å². The number of fused-ring (bicyclic) bond motifs is 2. The lowest BCUT2D eigenvalue weighted by atomic mass is 9.72. The summed E-state index contributed by atoms with van der Waals surface area (Å²) in [4.78, 5) is 2.57. The van der Waals surface area contributed by atoms with Crippen LogP contribution in [-0.2, 0) is 10.0 Å². The third-order valence-electron chi connectivity index (χ3n) is 5.28. The molecule has 0 amide bonds. The van der Waals surface area contributed by atoms with E-state index in [2.05, 4.69) is 29.2 Å². The minimum atomic E-state index is -3.06. The molecule has 1 aromatic carbocycles. The average molecular weight is 306 g/mol. The highest BCUT2D eigenvalue weighted by molar-refractivity contribution is 7.88. The third kappa shape index (κ3) is 2.41. The minimum absolute atomic E-state index is 0.362. The van der Waals surface area contributed by atoms with Crippen LogP contribution in [0.1, 0.15) is 24.3 Å². The number of nitrogens with zero attached hydrogens (tertiary/aromatic N) is 2. The van der Waals surface area contributed by atoms with Gasteiger partial charge in [0.2, 0.25) is 10.0 Å². The van der Waals surface area contributed by atoms with Crippen LogP contribution in [0.2, 0.25) is 0 Å². The molecule has 4 aliphatic rings. The first-order valence-electron chi connectivity index (χ1n) is 7.80. The van der Waals surface area contributed by atoms with Crippen molar-refractivity contribution in [1.29, 1.82) is 0 Å². The third-order valence-corrected chi connectivity index (χ3v) is 6.52. The summed E-state index contributed by atoms with van der Waals surface area (Å²) in [5.41, 5.74) is 1.37. The van der Waals surface area contributed by atoms with E-state index in [0.717, 1.165) is 12.5 Å². The molecule has 5 rings (SSSR count). The summed E-state index contributed by atoms with van der Waals surface area (Å²) in [5, 5.41) is 0. The molecule has 3 saturated heterocycles. The van der Waals surface area contributed by atoms with Crippen LogP contribution in [0.4, 0.5) is 0 Å². The zero-order valence-corrected chi connectivity index (χ0v) is 13.2. The molecule has 0 spiro atoms. The Bertz CT molecular complexity index is 613. The first kappa shape index (κ1) is 13.7. The van der Waals surface area contributed by atoms with Gasteiger partial charge in [-0.3, -0.25) is 4.90 Å². The fourth-order valence-electron chi connectivity index (χ4n) is 4.00. The average Bonchev–Trinajstić information content (AvgIpc) is 3.28. The Morgan fingerprint density at radius 3 is 2.24 bits per heavy atom. The molecule has 1 saturated carbocycles. The largest absolute Gasteiger partial charge is 0.293 e. The SMILES string of the molecule is CS(=O)(=O)N1C[C@@H]2C(c3ccccc3)[C@H](C1)N2CC1CC1. The fourth-order valence-corrected chi connectivity index (χ4v) is 4.85. The standard InChI is InChI=1S/C16H22N2O2S/c1-21(19,20)17-10-14-16(13-5-3-2-4-6-13)15(11-17)18(14)9-12-7-8-12/h2-6,12,14-16H,7-11H2,1H3/t14-,15+,16?. The van der Waals surface area contributed by atoms with Crippen LogP contribution in [0, 0.1) is 5.92 Å². The predicted molar refractivity (Wildman–Crippen MR) is 82.6 cm³/mol. The Balaban J connectivity index is 1.58. The summed E-state index contributed by atoms with van der Waals surface area (Å²) in [7, 11) is -3.06. The van der Waals surface area contributed by atoms with Crippen LogP contribution in [-0.4, -0.2) is 55.6 Å². The maximum absolute atomic E-state index is 11.8. The molecular weight excluding hydrogens is 284 g/mol. The Morgan fingerprint density at radius 2 is 1.71 bits per heavy atom. The lowest BCUT2D eigenvalue weighted by Crippen LogP contribution is -2.73. The van der Waals surface area contributed by atoms with Gasteiger partial charge in [0.15, 0.2) is 0 Å². The van der Waals surface area contributed by atoms with E-state index in [1.807, 2.05) is 6.07 Å². The Labute approximate surface area is 126 Å². The van der Waals surface area contributed by atoms with E-state index >= 15 is 0 Å². The molecule has 0 radical (unpaired) electrons. The number of piperazine rings is 1. The zero-order valence-electron chi connectivity index (χ0n) is 12.4. The summed E-state index contributed by atoms with van der Waals surface area (Å²) < 4.78 is 25.4. The highest BCUT2D eigenvalue weighted by Crippen LogP contribution is 2.47. The van der Waals surface area contributed by atoms with Crippen molar-refractivity contribution in [2.75, 3.05) is 25.9 Å². The summed E-state index contributed by atoms with van der Waals surface area (Å²) in [6, 6.07) is 11.3. The van der Waals surface area contributed by atoms with E-state index < -0.39 is 10.0 Å². The van der Waals surface area contributed by atoms with Gasteiger partial charge in [-0.1, -0.05) is 30.3 Å². The molecule has 1 unspecified atom stereocenters. The summed E-state index contributed by atoms with van der Waals surface area (Å²) in [5.74, 6) is 1.36. The molecule has 114 valence electrons. The van der Waals surface area contributed by atoms with Gasteiger partial charge in [0, 0.05) is 37.6 Å². The molecule has 5 heteroatoms. The maximum atomic E-state index is 11.8. The zero-order chi connectivity index (χ0) is 14.6. The van der Waals surface area contributed by atoms with Crippen molar-refractivity contribution in [2.24, 2.45) is 5.92 Å². The Hall–Kier alpha value is -0.910. The first-order valence-corrected chi connectivity index (χ1v) is 9.64. The molecule has 21 heavy (non-hydrogen) atoms. The van der Waals surface area contributed by atoms with Crippen LogP contribution in [0.25, 0.3) is 0 Å². The second-order valence-electron chi connectivity index (χ2n) is 6.79. The molecule has 3 aliphatic heterocycles. The molecule has 0 aromatic heterocycles. The van der Waals surface area contributed by atoms with Gasteiger partial charge in [-0.2, -0.15) is 4.31 Å². The maximum Gasteiger partial charge on any atom is 0.211 e. The number of hydrogen-bond donors (Lipinski definition) is 0. The van der Waals surface area contributed by atoms with Crippen LogP contribution in [0.5, 0.6) is 0 Å². The van der Waals surface area contributed by atoms with Gasteiger partial charge in [0.25, 0.3) is 0 Å². The fraction of sp³-hybridized carbons (Fsp3) is 0.625. The van der Waals surface area contributed by atoms with Crippen molar-refractivity contribution in [1.82, 2.24) is 9.21 Å². The van der Waals surface area contributed by atoms with Gasteiger partial charge in [-0.25, -0.2) is 8.42 Å². The smallest absolute Gasteiger partial charge is 0.211 e. The number of sulfonamides is 1. The van der Waals surface area contributed by atoms with Gasteiger partial charge in [-0.05, 0) is 24.3 Å². The highest BCUT2D eigenvalue weighted by atomic mass is 32.2. The summed E-state index contributed by atoms with van der Waals surface area (Å²) >= 11 is 0. The van der Waals surface area contributed by atoms with E-state index in [0.29, 0.717) is 31.1 Å². The van der Waals surface area contributed by atoms with Crippen molar-refractivity contribution in [3.8, 4) is 0 Å². The Kier molecular flexibility index (Phi) is 3.14. The van der Waals surface area contributed by atoms with Gasteiger partial charge in [0.1, 0.15) is 0 Å². The second kappa shape index (κ2) is 4.80. The van der Waals surface area contributed by atoms with Crippen molar-refractivity contribution in [2.45, 2.75) is 30.8 Å². The molecule has 2 bridgehead atoms. The van der Waals surface area contributed by atoms with Gasteiger partial charge in [0.05, 0.1) is 6.26 Å². The normalized spacial score (nSPS) is 33.7. The van der Waals surface area contributed by atoms with E-state index in [1.54, 1.807) is 4.31 Å². The molecular formula is C16H22N2O2S. The first-order chi connectivity index (χ1) is 10.0. The van der Waals surface area contributed by atoms with Gasteiger partial charge in [-0.15, -0.1) is 0 Å². The number of benzene rings is 1. The van der Waals surface area contributed by atoms with Crippen LogP contribution in [0.15, 0.2) is 30.3 Å². The van der Waals surface area contributed by atoms with Crippen molar-refractivity contribution in [3.05, 3.63) is 35.9 Å². The quantitative estimate of drug-likeness (QED) is 0.846. The van der Waals surface area contributed by atoms with Gasteiger partial charge < -0.3 is 0 Å². The topological polar surface area (TPSA) is 40.6 Å². The number of piperidine rings is 1. The molecule has 0 N–H and O–H groups in total. The van der Waals surface area contributed by atoms with Crippen molar-refractivity contribution in [3.63, 3.8) is 0 Å². The molecule has 1 aromatic rings. The number of rotatable bonds is 4. The van der Waals surface area contributed by atoms with E-state index in [1.165, 1.54) is 24.7 Å². The van der Waals surface area contributed by atoms with Crippen molar-refractivity contribution >= 4 is 10.0 Å². The van der Waals surface area contributed by atoms with E-state index in [4.69, 9.17) is 0 Å². The monoisotopic (exact) mass is 306 g/mol. The summed E-state index contributed by atoms with van der Waals surface area (Å²) in [6.07, 6.45) is 4.03. The molecule has 4 nitrogen and oxygen atoms in total. The lowest BCUT2D eigenvalue weighted by molar-refractivity contribution is -0.0711. The van der Waals surface area contributed by atoms with Crippen molar-refractivity contribution < 1.29 is 8.42 Å².